The number of carbonyl (C=O) groups is 1. The van der Waals surface area contributed by atoms with Crippen LogP contribution in [0.2, 0.25) is 0 Å². The lowest BCUT2D eigenvalue weighted by Crippen LogP contribution is -2.46. The van der Waals surface area contributed by atoms with E-state index in [1.54, 1.807) is 29.4 Å². The van der Waals surface area contributed by atoms with Crippen molar-refractivity contribution in [2.24, 2.45) is 0 Å². The van der Waals surface area contributed by atoms with Crippen molar-refractivity contribution in [3.8, 4) is 0 Å². The molecule has 1 aliphatic heterocycles. The summed E-state index contributed by atoms with van der Waals surface area (Å²) in [7, 11) is 0. The Morgan fingerprint density at radius 1 is 1.65 bits per heavy atom. The molecule has 17 heavy (non-hydrogen) atoms. The van der Waals surface area contributed by atoms with E-state index in [0.29, 0.717) is 25.5 Å². The highest BCUT2D eigenvalue weighted by Crippen LogP contribution is 2.07. The van der Waals surface area contributed by atoms with Crippen LogP contribution in [0.15, 0.2) is 28.9 Å². The molecule has 5 heteroatoms. The topological polar surface area (TPSA) is 62.9 Å². The Bertz CT molecular complexity index is 385. The van der Waals surface area contributed by atoms with E-state index >= 15 is 0 Å². The van der Waals surface area contributed by atoms with Gasteiger partial charge in [-0.25, -0.2) is 0 Å². The summed E-state index contributed by atoms with van der Waals surface area (Å²) in [6, 6.07) is 3.54. The highest BCUT2D eigenvalue weighted by Gasteiger charge is 2.22. The van der Waals surface area contributed by atoms with Crippen LogP contribution in [0, 0.1) is 0 Å². The molecule has 1 unspecified atom stereocenters. The summed E-state index contributed by atoms with van der Waals surface area (Å²) >= 11 is 0. The van der Waals surface area contributed by atoms with Gasteiger partial charge in [-0.15, -0.1) is 0 Å². The first-order valence-electron chi connectivity index (χ1n) is 5.52. The molecule has 0 spiro atoms. The molecule has 0 aromatic carbocycles. The first kappa shape index (κ1) is 11.9. The third-order valence-corrected chi connectivity index (χ3v) is 2.59. The number of furan rings is 1. The van der Waals surface area contributed by atoms with Crippen LogP contribution in [-0.2, 0) is 9.53 Å². The number of aliphatic hydroxyl groups is 1. The number of hydrogen-bond acceptors (Lipinski definition) is 4. The Hall–Kier alpha value is -1.59. The maximum atomic E-state index is 11.8. The normalized spacial score (nSPS) is 21.0. The highest BCUT2D eigenvalue weighted by molar-refractivity contribution is 5.91. The van der Waals surface area contributed by atoms with Crippen LogP contribution in [0.1, 0.15) is 5.76 Å². The number of ether oxygens (including phenoxy) is 1. The van der Waals surface area contributed by atoms with Gasteiger partial charge in [0.25, 0.3) is 0 Å². The predicted molar refractivity (Wildman–Crippen MR) is 61.1 cm³/mol. The van der Waals surface area contributed by atoms with Crippen LogP contribution in [-0.4, -0.2) is 48.3 Å². The van der Waals surface area contributed by atoms with Crippen molar-refractivity contribution in [1.82, 2.24) is 4.90 Å². The van der Waals surface area contributed by atoms with Crippen LogP contribution in [0.4, 0.5) is 0 Å². The highest BCUT2D eigenvalue weighted by atomic mass is 16.5. The van der Waals surface area contributed by atoms with Gasteiger partial charge in [0.2, 0.25) is 5.91 Å². The summed E-state index contributed by atoms with van der Waals surface area (Å²) in [6.07, 6.45) is 4.38. The van der Waals surface area contributed by atoms with Crippen molar-refractivity contribution < 1.29 is 19.1 Å². The smallest absolute Gasteiger partial charge is 0.246 e. The fourth-order valence-corrected chi connectivity index (χ4v) is 1.67. The van der Waals surface area contributed by atoms with Gasteiger partial charge in [0.15, 0.2) is 0 Å². The van der Waals surface area contributed by atoms with Gasteiger partial charge in [0.05, 0.1) is 25.6 Å². The first-order chi connectivity index (χ1) is 8.29. The summed E-state index contributed by atoms with van der Waals surface area (Å²) in [5.74, 6) is 0.550. The summed E-state index contributed by atoms with van der Waals surface area (Å²) in [5.41, 5.74) is 0. The van der Waals surface area contributed by atoms with Gasteiger partial charge in [0, 0.05) is 19.2 Å². The predicted octanol–water partition coefficient (Wildman–Crippen LogP) is 0.512. The third kappa shape index (κ3) is 3.18. The van der Waals surface area contributed by atoms with Crippen LogP contribution < -0.4 is 0 Å². The molecule has 2 rings (SSSR count). The molecule has 1 saturated heterocycles. The molecule has 1 fully saturated rings. The number of nitrogens with zero attached hydrogens (tertiary/aromatic N) is 1. The number of aliphatic hydroxyl groups excluding tert-OH is 1. The van der Waals surface area contributed by atoms with E-state index in [0.717, 1.165) is 0 Å². The Morgan fingerprint density at radius 3 is 3.24 bits per heavy atom. The van der Waals surface area contributed by atoms with E-state index in [2.05, 4.69) is 0 Å². The Kier molecular flexibility index (Phi) is 3.95. The average Bonchev–Trinajstić information content (AvgIpc) is 2.89. The number of amides is 1. The Balaban J connectivity index is 1.91. The zero-order valence-electron chi connectivity index (χ0n) is 9.41. The fraction of sp³-hybridized carbons (Fsp3) is 0.417. The molecular formula is C12H15NO4. The van der Waals surface area contributed by atoms with Crippen LogP contribution >= 0.6 is 0 Å². The largest absolute Gasteiger partial charge is 0.465 e. The van der Waals surface area contributed by atoms with Crippen molar-refractivity contribution in [2.75, 3.05) is 26.3 Å². The molecular weight excluding hydrogens is 222 g/mol. The van der Waals surface area contributed by atoms with Crippen molar-refractivity contribution in [1.29, 1.82) is 0 Å². The zero-order chi connectivity index (χ0) is 12.1. The quantitative estimate of drug-likeness (QED) is 0.778. The van der Waals surface area contributed by atoms with Crippen molar-refractivity contribution in [2.45, 2.75) is 6.10 Å². The lowest BCUT2D eigenvalue weighted by atomic mass is 10.2. The fourth-order valence-electron chi connectivity index (χ4n) is 1.67. The molecule has 1 amide bonds. The van der Waals surface area contributed by atoms with Gasteiger partial charge in [-0.1, -0.05) is 0 Å². The van der Waals surface area contributed by atoms with Gasteiger partial charge in [-0.05, 0) is 18.2 Å². The number of morpholine rings is 1. The third-order valence-electron chi connectivity index (χ3n) is 2.59. The number of carbonyl (C=O) groups excluding carboxylic acids is 1. The first-order valence-corrected chi connectivity index (χ1v) is 5.52. The second kappa shape index (κ2) is 5.65. The average molecular weight is 237 g/mol. The Labute approximate surface area is 99.3 Å². The molecule has 0 bridgehead atoms. The van der Waals surface area contributed by atoms with E-state index in [4.69, 9.17) is 14.3 Å². The van der Waals surface area contributed by atoms with Gasteiger partial charge < -0.3 is 19.2 Å². The number of rotatable bonds is 3. The van der Waals surface area contributed by atoms with E-state index in [9.17, 15) is 4.79 Å². The molecule has 1 aromatic rings. The van der Waals surface area contributed by atoms with Crippen molar-refractivity contribution in [3.63, 3.8) is 0 Å². The van der Waals surface area contributed by atoms with E-state index in [1.165, 1.54) is 6.08 Å². The summed E-state index contributed by atoms with van der Waals surface area (Å²) in [4.78, 5) is 13.5. The maximum absolute atomic E-state index is 11.8. The monoisotopic (exact) mass is 237 g/mol. The molecule has 1 atom stereocenters. The molecule has 0 radical (unpaired) electrons. The van der Waals surface area contributed by atoms with Crippen molar-refractivity contribution >= 4 is 12.0 Å². The standard InChI is InChI=1S/C12H15NO4/c14-9-11-8-13(5-7-17-11)12(15)4-3-10-2-1-6-16-10/h1-4,6,11,14H,5,7-9H2/b4-3+. The van der Waals surface area contributed by atoms with Gasteiger partial charge in [-0.2, -0.15) is 0 Å². The minimum absolute atomic E-state index is 0.0638. The van der Waals surface area contributed by atoms with Crippen molar-refractivity contribution in [3.05, 3.63) is 30.2 Å². The molecule has 5 nitrogen and oxygen atoms in total. The minimum atomic E-state index is -0.273. The van der Waals surface area contributed by atoms with Gasteiger partial charge in [-0.3, -0.25) is 4.79 Å². The lowest BCUT2D eigenvalue weighted by Gasteiger charge is -2.31. The summed E-state index contributed by atoms with van der Waals surface area (Å²) in [5, 5.41) is 8.97. The lowest BCUT2D eigenvalue weighted by molar-refractivity contribution is -0.134. The van der Waals surface area contributed by atoms with Crippen LogP contribution in [0.3, 0.4) is 0 Å². The minimum Gasteiger partial charge on any atom is -0.465 e. The molecule has 1 aliphatic rings. The van der Waals surface area contributed by atoms with E-state index in [-0.39, 0.29) is 18.6 Å². The molecule has 0 saturated carbocycles. The zero-order valence-corrected chi connectivity index (χ0v) is 9.41. The van der Waals surface area contributed by atoms with Gasteiger partial charge >= 0.3 is 0 Å². The molecule has 1 N–H and O–H groups in total. The van der Waals surface area contributed by atoms with Crippen LogP contribution in [0.25, 0.3) is 6.08 Å². The molecule has 92 valence electrons. The molecule has 2 heterocycles. The van der Waals surface area contributed by atoms with Crippen LogP contribution in [0.5, 0.6) is 0 Å². The Morgan fingerprint density at radius 2 is 2.53 bits per heavy atom. The SMILES string of the molecule is O=C(/C=C/c1ccco1)N1CCOC(CO)C1. The number of hydrogen-bond donors (Lipinski definition) is 1. The second-order valence-corrected chi connectivity index (χ2v) is 3.81. The maximum Gasteiger partial charge on any atom is 0.246 e. The van der Waals surface area contributed by atoms with E-state index < -0.39 is 0 Å². The van der Waals surface area contributed by atoms with E-state index in [1.807, 2.05) is 0 Å². The molecule has 1 aromatic heterocycles. The second-order valence-electron chi connectivity index (χ2n) is 3.81. The summed E-state index contributed by atoms with van der Waals surface area (Å²) < 4.78 is 10.4. The molecule has 0 aliphatic carbocycles. The van der Waals surface area contributed by atoms with Gasteiger partial charge in [0.1, 0.15) is 5.76 Å². The summed E-state index contributed by atoms with van der Waals surface area (Å²) in [6.45, 7) is 1.38.